The lowest BCUT2D eigenvalue weighted by atomic mass is 9.86. The first-order chi connectivity index (χ1) is 19.1. The van der Waals surface area contributed by atoms with Crippen LogP contribution in [0, 0.1) is 5.92 Å². The number of ether oxygens (including phenoxy) is 3. The van der Waals surface area contributed by atoms with E-state index >= 15 is 0 Å². The summed E-state index contributed by atoms with van der Waals surface area (Å²) >= 11 is 0. The van der Waals surface area contributed by atoms with Gasteiger partial charge in [0.1, 0.15) is 11.9 Å². The van der Waals surface area contributed by atoms with E-state index in [1.807, 2.05) is 9.80 Å². The van der Waals surface area contributed by atoms with Crippen molar-refractivity contribution in [3.63, 3.8) is 0 Å². The second-order valence-corrected chi connectivity index (χ2v) is 10.1. The third kappa shape index (κ3) is 5.53. The average molecular weight is 543 g/mol. The monoisotopic (exact) mass is 542 g/mol. The number of aromatic nitrogens is 4. The summed E-state index contributed by atoms with van der Waals surface area (Å²) in [5.74, 6) is 0.806. The average Bonchev–Trinajstić information content (AvgIpc) is 3.38. The number of para-hydroxylation sites is 2. The van der Waals surface area contributed by atoms with E-state index in [2.05, 4.69) is 15.0 Å². The van der Waals surface area contributed by atoms with E-state index in [0.29, 0.717) is 88.3 Å². The number of imidazole rings is 1. The molecule has 0 atom stereocenters. The molecule has 1 saturated carbocycles. The first-order valence-electron chi connectivity index (χ1n) is 13.6. The van der Waals surface area contributed by atoms with E-state index in [-0.39, 0.29) is 29.6 Å². The molecule has 4 heterocycles. The van der Waals surface area contributed by atoms with Crippen LogP contribution in [0.5, 0.6) is 5.88 Å². The maximum absolute atomic E-state index is 14.1. The highest BCUT2D eigenvalue weighted by Gasteiger charge is 2.32. The summed E-state index contributed by atoms with van der Waals surface area (Å²) in [6.45, 7) is 4.70. The highest BCUT2D eigenvalue weighted by molar-refractivity contribution is 5.79. The molecule has 0 N–H and O–H groups in total. The summed E-state index contributed by atoms with van der Waals surface area (Å²) in [6.07, 6.45) is -0.0314. The highest BCUT2D eigenvalue weighted by atomic mass is 19.3. The predicted octanol–water partition coefficient (Wildman–Crippen LogP) is 3.39. The number of benzene rings is 1. The van der Waals surface area contributed by atoms with Crippen molar-refractivity contribution in [3.8, 4) is 11.7 Å². The Bertz CT molecular complexity index is 1300. The number of alkyl halides is 2. The number of carbonyl (C=O) groups excluding carboxylic acids is 1. The number of morpholine rings is 2. The molecule has 0 bridgehead atoms. The van der Waals surface area contributed by atoms with Crippen LogP contribution in [0.3, 0.4) is 0 Å². The van der Waals surface area contributed by atoms with Crippen molar-refractivity contribution in [1.29, 1.82) is 0 Å². The predicted molar refractivity (Wildman–Crippen MR) is 138 cm³/mol. The van der Waals surface area contributed by atoms with E-state index in [1.165, 1.54) is 4.57 Å². The molecule has 12 heteroatoms. The number of hydrogen-bond acceptors (Lipinski definition) is 8. The number of fused-ring (bicyclic) bond motifs is 1. The normalized spacial score (nSPS) is 22.4. The molecule has 1 aromatic carbocycles. The van der Waals surface area contributed by atoms with Crippen LogP contribution in [0.4, 0.5) is 14.7 Å². The minimum atomic E-state index is -2.79. The molecule has 2 aliphatic heterocycles. The minimum absolute atomic E-state index is 0.0151. The fraction of sp³-hybridized carbons (Fsp3) is 0.556. The maximum Gasteiger partial charge on any atom is 0.296 e. The van der Waals surface area contributed by atoms with E-state index < -0.39 is 6.43 Å². The van der Waals surface area contributed by atoms with Crippen LogP contribution in [0.15, 0.2) is 30.3 Å². The summed E-state index contributed by atoms with van der Waals surface area (Å²) in [7, 11) is 0. The number of carbonyl (C=O) groups is 1. The summed E-state index contributed by atoms with van der Waals surface area (Å²) in [5.41, 5.74) is 0.998. The van der Waals surface area contributed by atoms with E-state index in [4.69, 9.17) is 14.2 Å². The third-order valence-electron chi connectivity index (χ3n) is 7.62. The second kappa shape index (κ2) is 11.4. The van der Waals surface area contributed by atoms with Gasteiger partial charge in [-0.1, -0.05) is 12.1 Å². The SMILES string of the molecule is O=C([C@H]1CC[C@H](Oc2cc(-n3c(C(F)F)nc4ccccc43)nc(N3CCOCC3)n2)CC1)N1CCOCC1. The molecule has 0 unspecified atom stereocenters. The van der Waals surface area contributed by atoms with Gasteiger partial charge in [-0.25, -0.2) is 13.8 Å². The smallest absolute Gasteiger partial charge is 0.296 e. The fourth-order valence-electron chi connectivity index (χ4n) is 5.55. The number of rotatable bonds is 6. The first kappa shape index (κ1) is 25.9. The minimum Gasteiger partial charge on any atom is -0.474 e. The molecule has 3 aliphatic rings. The molecular formula is C27H32F2N6O4. The molecular weight excluding hydrogens is 510 g/mol. The van der Waals surface area contributed by atoms with Crippen LogP contribution >= 0.6 is 0 Å². The van der Waals surface area contributed by atoms with Gasteiger partial charge in [-0.3, -0.25) is 9.36 Å². The Morgan fingerprint density at radius 3 is 2.33 bits per heavy atom. The van der Waals surface area contributed by atoms with E-state index in [1.54, 1.807) is 30.3 Å². The van der Waals surface area contributed by atoms with Gasteiger partial charge in [0.05, 0.1) is 37.5 Å². The summed E-state index contributed by atoms with van der Waals surface area (Å²) < 4.78 is 46.8. The van der Waals surface area contributed by atoms with Crippen molar-refractivity contribution in [2.45, 2.75) is 38.2 Å². The molecule has 2 aromatic heterocycles. The van der Waals surface area contributed by atoms with Crippen molar-refractivity contribution >= 4 is 22.9 Å². The van der Waals surface area contributed by atoms with Gasteiger partial charge in [0.15, 0.2) is 5.82 Å². The fourth-order valence-corrected chi connectivity index (χ4v) is 5.55. The summed E-state index contributed by atoms with van der Waals surface area (Å²) in [4.78, 5) is 30.3. The molecule has 0 spiro atoms. The Morgan fingerprint density at radius 2 is 1.62 bits per heavy atom. The Labute approximate surface area is 224 Å². The number of nitrogens with zero attached hydrogens (tertiary/aromatic N) is 6. The van der Waals surface area contributed by atoms with Crippen molar-refractivity contribution in [1.82, 2.24) is 24.4 Å². The van der Waals surface area contributed by atoms with Gasteiger partial charge >= 0.3 is 0 Å². The number of anilines is 1. The molecule has 2 saturated heterocycles. The molecule has 1 amide bonds. The quantitative estimate of drug-likeness (QED) is 0.468. The Balaban J connectivity index is 1.26. The lowest BCUT2D eigenvalue weighted by Crippen LogP contribution is -2.45. The van der Waals surface area contributed by atoms with Crippen LogP contribution < -0.4 is 9.64 Å². The summed E-state index contributed by atoms with van der Waals surface area (Å²) in [5, 5.41) is 0. The van der Waals surface area contributed by atoms with E-state index in [9.17, 15) is 13.6 Å². The second-order valence-electron chi connectivity index (χ2n) is 10.1. The maximum atomic E-state index is 14.1. The molecule has 3 aromatic rings. The lowest BCUT2D eigenvalue weighted by molar-refractivity contribution is -0.141. The Morgan fingerprint density at radius 1 is 0.923 bits per heavy atom. The molecule has 1 aliphatic carbocycles. The van der Waals surface area contributed by atoms with Crippen LogP contribution in [-0.2, 0) is 14.3 Å². The number of halogens is 2. The van der Waals surface area contributed by atoms with Gasteiger partial charge < -0.3 is 24.0 Å². The van der Waals surface area contributed by atoms with Crippen LogP contribution in [0.25, 0.3) is 16.9 Å². The van der Waals surface area contributed by atoms with E-state index in [0.717, 1.165) is 12.8 Å². The molecule has 208 valence electrons. The summed E-state index contributed by atoms with van der Waals surface area (Å²) in [6, 6.07) is 8.61. The van der Waals surface area contributed by atoms with Gasteiger partial charge in [0.2, 0.25) is 17.7 Å². The van der Waals surface area contributed by atoms with Gasteiger partial charge in [0.25, 0.3) is 6.43 Å². The van der Waals surface area contributed by atoms with Crippen molar-refractivity contribution < 1.29 is 27.8 Å². The molecule has 3 fully saturated rings. The molecule has 39 heavy (non-hydrogen) atoms. The van der Waals surface area contributed by atoms with Gasteiger partial charge in [-0.05, 0) is 37.8 Å². The van der Waals surface area contributed by atoms with Gasteiger partial charge in [0, 0.05) is 38.2 Å². The van der Waals surface area contributed by atoms with Crippen molar-refractivity contribution in [2.24, 2.45) is 5.92 Å². The Kier molecular flexibility index (Phi) is 7.55. The largest absolute Gasteiger partial charge is 0.474 e. The molecule has 0 radical (unpaired) electrons. The molecule has 10 nitrogen and oxygen atoms in total. The van der Waals surface area contributed by atoms with Crippen LogP contribution in [-0.4, -0.2) is 89.0 Å². The lowest BCUT2D eigenvalue weighted by Gasteiger charge is -2.34. The van der Waals surface area contributed by atoms with Gasteiger partial charge in [-0.15, -0.1) is 0 Å². The standard InChI is InChI=1S/C27H32F2N6O4/c28-24(29)25-30-20-3-1-2-4-21(20)35(25)22-17-23(32-27(31-22)34-11-15-38-16-12-34)39-19-7-5-18(6-8-19)26(36)33-9-13-37-14-10-33/h1-4,17-19,24H,5-16H2/t18-,19-. The topological polar surface area (TPSA) is 94.8 Å². The first-order valence-corrected chi connectivity index (χ1v) is 13.6. The van der Waals surface area contributed by atoms with Gasteiger partial charge in [-0.2, -0.15) is 9.97 Å². The third-order valence-corrected chi connectivity index (χ3v) is 7.62. The highest BCUT2D eigenvalue weighted by Crippen LogP contribution is 2.32. The zero-order valence-corrected chi connectivity index (χ0v) is 21.7. The zero-order chi connectivity index (χ0) is 26.8. The Hall–Kier alpha value is -3.38. The number of amides is 1. The zero-order valence-electron chi connectivity index (χ0n) is 21.7. The van der Waals surface area contributed by atoms with Crippen molar-refractivity contribution in [3.05, 3.63) is 36.2 Å². The molecule has 6 rings (SSSR count). The van der Waals surface area contributed by atoms with Crippen LogP contribution in [0.1, 0.15) is 37.9 Å². The number of hydrogen-bond donors (Lipinski definition) is 0. The van der Waals surface area contributed by atoms with Crippen LogP contribution in [0.2, 0.25) is 0 Å². The van der Waals surface area contributed by atoms with Crippen molar-refractivity contribution in [2.75, 3.05) is 57.5 Å².